The smallest absolute Gasteiger partial charge is 0.163 e. The molecule has 0 unspecified atom stereocenters. The van der Waals surface area contributed by atoms with Crippen molar-refractivity contribution in [2.24, 2.45) is 0 Å². The second-order valence-electron chi connectivity index (χ2n) is 6.65. The Morgan fingerprint density at radius 1 is 0.964 bits per heavy atom. The molecular weight excluding hydrogens is 397 g/mol. The van der Waals surface area contributed by atoms with Crippen molar-refractivity contribution < 1.29 is 14.2 Å². The van der Waals surface area contributed by atoms with Crippen LogP contribution in [0.15, 0.2) is 36.4 Å². The van der Waals surface area contributed by atoms with E-state index in [1.54, 1.807) is 0 Å². The molecule has 0 saturated heterocycles. The van der Waals surface area contributed by atoms with Crippen molar-refractivity contribution in [2.45, 2.75) is 46.4 Å². The third kappa shape index (κ3) is 7.51. The minimum atomic E-state index is 0.265. The summed E-state index contributed by atoms with van der Waals surface area (Å²) in [7, 11) is 0. The van der Waals surface area contributed by atoms with Gasteiger partial charge < -0.3 is 19.5 Å². The Morgan fingerprint density at radius 3 is 2.43 bits per heavy atom. The van der Waals surface area contributed by atoms with Crippen LogP contribution in [0.25, 0.3) is 0 Å². The van der Waals surface area contributed by atoms with E-state index in [0.717, 1.165) is 30.7 Å². The van der Waals surface area contributed by atoms with Crippen LogP contribution >= 0.6 is 23.2 Å². The molecule has 1 N–H and O–H groups in total. The first-order valence-corrected chi connectivity index (χ1v) is 10.4. The Kier molecular flexibility index (Phi) is 9.93. The van der Waals surface area contributed by atoms with Crippen LogP contribution in [-0.2, 0) is 17.9 Å². The van der Waals surface area contributed by atoms with Crippen molar-refractivity contribution in [3.05, 3.63) is 57.6 Å². The molecule has 0 radical (unpaired) electrons. The second kappa shape index (κ2) is 12.2. The highest BCUT2D eigenvalue weighted by Crippen LogP contribution is 2.34. The highest BCUT2D eigenvalue weighted by molar-refractivity contribution is 6.31. The van der Waals surface area contributed by atoms with Crippen LogP contribution in [0.3, 0.4) is 0 Å². The van der Waals surface area contributed by atoms with Crippen molar-refractivity contribution >= 4 is 23.2 Å². The SMILES string of the molecule is CCOc1cc(CNCCCOC(C)C)c(Cl)cc1OCc1ccccc1Cl. The van der Waals surface area contributed by atoms with Gasteiger partial charge in [-0.05, 0) is 51.4 Å². The summed E-state index contributed by atoms with van der Waals surface area (Å²) in [5, 5.41) is 4.71. The third-order valence-electron chi connectivity index (χ3n) is 4.02. The van der Waals surface area contributed by atoms with Crippen molar-refractivity contribution in [3.8, 4) is 11.5 Å². The van der Waals surface area contributed by atoms with Gasteiger partial charge in [0.05, 0.1) is 12.7 Å². The van der Waals surface area contributed by atoms with Crippen LogP contribution in [0.1, 0.15) is 38.3 Å². The number of benzene rings is 2. The zero-order valence-corrected chi connectivity index (χ0v) is 18.3. The first-order chi connectivity index (χ1) is 13.5. The predicted octanol–water partition coefficient (Wildman–Crippen LogP) is 5.88. The van der Waals surface area contributed by atoms with Gasteiger partial charge in [0.2, 0.25) is 0 Å². The minimum absolute atomic E-state index is 0.265. The van der Waals surface area contributed by atoms with E-state index in [2.05, 4.69) is 5.32 Å². The van der Waals surface area contributed by atoms with Crippen LogP contribution in [0.5, 0.6) is 11.5 Å². The molecule has 0 aliphatic rings. The Hall–Kier alpha value is -1.46. The Labute approximate surface area is 178 Å². The summed E-state index contributed by atoms with van der Waals surface area (Å²) in [5.41, 5.74) is 1.89. The minimum Gasteiger partial charge on any atom is -0.490 e. The fourth-order valence-corrected chi connectivity index (χ4v) is 3.01. The number of nitrogens with one attached hydrogen (secondary N) is 1. The van der Waals surface area contributed by atoms with Crippen LogP contribution in [-0.4, -0.2) is 25.9 Å². The summed E-state index contributed by atoms with van der Waals surface area (Å²) in [6.45, 7) is 9.18. The van der Waals surface area contributed by atoms with E-state index in [1.807, 2.05) is 57.2 Å². The fraction of sp³-hybridized carbons (Fsp3) is 0.455. The van der Waals surface area contributed by atoms with Crippen molar-refractivity contribution in [1.82, 2.24) is 5.32 Å². The highest BCUT2D eigenvalue weighted by Gasteiger charge is 2.12. The average Bonchev–Trinajstić information content (AvgIpc) is 2.66. The van der Waals surface area contributed by atoms with Crippen LogP contribution < -0.4 is 14.8 Å². The van der Waals surface area contributed by atoms with Gasteiger partial charge in [-0.15, -0.1) is 0 Å². The van der Waals surface area contributed by atoms with E-state index >= 15 is 0 Å². The maximum atomic E-state index is 6.47. The molecule has 0 saturated carbocycles. The lowest BCUT2D eigenvalue weighted by Crippen LogP contribution is -2.17. The molecule has 0 aliphatic heterocycles. The maximum Gasteiger partial charge on any atom is 0.163 e. The van der Waals surface area contributed by atoms with Crippen molar-refractivity contribution in [2.75, 3.05) is 19.8 Å². The molecule has 0 bridgehead atoms. The second-order valence-corrected chi connectivity index (χ2v) is 7.47. The van der Waals surface area contributed by atoms with Gasteiger partial charge in [-0.2, -0.15) is 0 Å². The molecule has 0 fully saturated rings. The van der Waals surface area contributed by atoms with E-state index in [0.29, 0.717) is 41.3 Å². The zero-order chi connectivity index (χ0) is 20.4. The number of hydrogen-bond donors (Lipinski definition) is 1. The normalized spacial score (nSPS) is 11.1. The largest absolute Gasteiger partial charge is 0.490 e. The van der Waals surface area contributed by atoms with E-state index < -0.39 is 0 Å². The summed E-state index contributed by atoms with van der Waals surface area (Å²) in [6, 6.07) is 11.4. The van der Waals surface area contributed by atoms with Crippen molar-refractivity contribution in [3.63, 3.8) is 0 Å². The molecule has 0 aromatic heterocycles. The third-order valence-corrected chi connectivity index (χ3v) is 4.74. The molecule has 0 atom stereocenters. The summed E-state index contributed by atoms with van der Waals surface area (Å²) in [6.07, 6.45) is 1.22. The van der Waals surface area contributed by atoms with Gasteiger partial charge in [0, 0.05) is 34.8 Å². The van der Waals surface area contributed by atoms with Crippen LogP contribution in [0.4, 0.5) is 0 Å². The van der Waals surface area contributed by atoms with Gasteiger partial charge in [0.1, 0.15) is 6.61 Å². The molecule has 2 aromatic carbocycles. The molecule has 0 aliphatic carbocycles. The number of ether oxygens (including phenoxy) is 3. The quantitative estimate of drug-likeness (QED) is 0.431. The fourth-order valence-electron chi connectivity index (χ4n) is 2.60. The van der Waals surface area contributed by atoms with Crippen molar-refractivity contribution in [1.29, 1.82) is 0 Å². The number of hydrogen-bond acceptors (Lipinski definition) is 4. The molecule has 0 heterocycles. The molecular formula is C22H29Cl2NO3. The lowest BCUT2D eigenvalue weighted by Gasteiger charge is -2.16. The molecule has 28 heavy (non-hydrogen) atoms. The lowest BCUT2D eigenvalue weighted by molar-refractivity contribution is 0.0770. The maximum absolute atomic E-state index is 6.47. The molecule has 154 valence electrons. The van der Waals surface area contributed by atoms with E-state index in [4.69, 9.17) is 37.4 Å². The summed E-state index contributed by atoms with van der Waals surface area (Å²) in [4.78, 5) is 0. The first-order valence-electron chi connectivity index (χ1n) is 9.65. The number of halogens is 2. The topological polar surface area (TPSA) is 39.7 Å². The summed E-state index contributed by atoms with van der Waals surface area (Å²) < 4.78 is 17.2. The van der Waals surface area contributed by atoms with Gasteiger partial charge in [0.15, 0.2) is 11.5 Å². The highest BCUT2D eigenvalue weighted by atomic mass is 35.5. The van der Waals surface area contributed by atoms with Gasteiger partial charge in [-0.25, -0.2) is 0 Å². The van der Waals surface area contributed by atoms with Gasteiger partial charge in [-0.1, -0.05) is 41.4 Å². The molecule has 4 nitrogen and oxygen atoms in total. The molecule has 2 rings (SSSR count). The van der Waals surface area contributed by atoms with Crippen LogP contribution in [0, 0.1) is 0 Å². The zero-order valence-electron chi connectivity index (χ0n) is 16.8. The standard InChI is InChI=1S/C22H29Cl2NO3/c1-4-26-21-12-18(14-25-10-7-11-27-16(2)3)20(24)13-22(21)28-15-17-8-5-6-9-19(17)23/h5-6,8-9,12-13,16,25H,4,7,10-11,14-15H2,1-3H3. The first kappa shape index (κ1) is 22.8. The van der Waals surface area contributed by atoms with Gasteiger partial charge in [0.25, 0.3) is 0 Å². The summed E-state index contributed by atoms with van der Waals surface area (Å²) in [5.74, 6) is 1.29. The monoisotopic (exact) mass is 425 g/mol. The van der Waals surface area contributed by atoms with E-state index in [-0.39, 0.29) is 6.10 Å². The average molecular weight is 426 g/mol. The van der Waals surface area contributed by atoms with E-state index in [9.17, 15) is 0 Å². The Morgan fingerprint density at radius 2 is 1.71 bits per heavy atom. The van der Waals surface area contributed by atoms with Gasteiger partial charge in [-0.3, -0.25) is 0 Å². The predicted molar refractivity (Wildman–Crippen MR) is 116 cm³/mol. The molecule has 2 aromatic rings. The molecule has 0 spiro atoms. The molecule has 0 amide bonds. The Bertz CT molecular complexity index is 738. The van der Waals surface area contributed by atoms with E-state index in [1.165, 1.54) is 0 Å². The summed E-state index contributed by atoms with van der Waals surface area (Å²) >= 11 is 12.7. The number of rotatable bonds is 12. The Balaban J connectivity index is 1.97. The van der Waals surface area contributed by atoms with Gasteiger partial charge >= 0.3 is 0 Å². The molecule has 6 heteroatoms. The lowest BCUT2D eigenvalue weighted by atomic mass is 10.2. The van der Waals surface area contributed by atoms with Crippen LogP contribution in [0.2, 0.25) is 10.0 Å².